The SMILES string of the molecule is Cc1cc(=O)n(-c2ccc(N(C)CCN3CCOCC3)c(F)c2)c(C)n1. The Morgan fingerprint density at radius 3 is 2.62 bits per heavy atom. The Labute approximate surface area is 152 Å². The van der Waals surface area contributed by atoms with Gasteiger partial charge in [-0.15, -0.1) is 0 Å². The fraction of sp³-hybridized carbons (Fsp3) is 0.474. The molecule has 1 saturated heterocycles. The standard InChI is InChI=1S/C19H25FN4O2/c1-14-12-19(25)24(15(2)21-14)16-4-5-18(17(20)13-16)22(3)6-7-23-8-10-26-11-9-23/h4-5,12-13H,6-11H2,1-3H3. The third-order valence-corrected chi connectivity index (χ3v) is 4.67. The molecule has 0 saturated carbocycles. The predicted molar refractivity (Wildman–Crippen MR) is 99.8 cm³/mol. The van der Waals surface area contributed by atoms with Crippen LogP contribution in [0.3, 0.4) is 0 Å². The largest absolute Gasteiger partial charge is 0.379 e. The third-order valence-electron chi connectivity index (χ3n) is 4.67. The zero-order valence-corrected chi connectivity index (χ0v) is 15.5. The van der Waals surface area contributed by atoms with Gasteiger partial charge in [-0.1, -0.05) is 0 Å². The second kappa shape index (κ2) is 7.97. The van der Waals surface area contributed by atoms with Gasteiger partial charge in [-0.2, -0.15) is 0 Å². The van der Waals surface area contributed by atoms with Crippen LogP contribution in [0.1, 0.15) is 11.5 Å². The first-order chi connectivity index (χ1) is 12.5. The summed E-state index contributed by atoms with van der Waals surface area (Å²) < 4.78 is 21.5. The summed E-state index contributed by atoms with van der Waals surface area (Å²) >= 11 is 0. The molecule has 26 heavy (non-hydrogen) atoms. The summed E-state index contributed by atoms with van der Waals surface area (Å²) in [6.45, 7) is 8.44. The molecule has 1 aromatic heterocycles. The monoisotopic (exact) mass is 360 g/mol. The molecule has 6 nitrogen and oxygen atoms in total. The van der Waals surface area contributed by atoms with Gasteiger partial charge in [0.25, 0.3) is 5.56 Å². The van der Waals surface area contributed by atoms with Crippen molar-refractivity contribution in [2.75, 3.05) is 51.3 Å². The lowest BCUT2D eigenvalue weighted by atomic mass is 10.2. The molecule has 0 radical (unpaired) electrons. The van der Waals surface area contributed by atoms with Crippen LogP contribution in [0.5, 0.6) is 0 Å². The van der Waals surface area contributed by atoms with Crippen molar-refractivity contribution in [2.45, 2.75) is 13.8 Å². The molecule has 0 N–H and O–H groups in total. The number of hydrogen-bond donors (Lipinski definition) is 0. The van der Waals surface area contributed by atoms with Crippen LogP contribution in [0.2, 0.25) is 0 Å². The number of morpholine rings is 1. The molecule has 3 rings (SSSR count). The van der Waals surface area contributed by atoms with E-state index in [0.717, 1.165) is 39.4 Å². The van der Waals surface area contributed by atoms with Crippen molar-refractivity contribution in [1.82, 2.24) is 14.5 Å². The number of benzene rings is 1. The van der Waals surface area contributed by atoms with E-state index in [9.17, 15) is 9.18 Å². The number of halogens is 1. The number of anilines is 1. The molecule has 0 spiro atoms. The molecule has 2 heterocycles. The highest BCUT2D eigenvalue weighted by molar-refractivity contribution is 5.52. The topological polar surface area (TPSA) is 50.6 Å². The molecule has 1 fully saturated rings. The minimum atomic E-state index is -0.348. The Balaban J connectivity index is 1.76. The summed E-state index contributed by atoms with van der Waals surface area (Å²) in [7, 11) is 1.88. The van der Waals surface area contributed by atoms with Gasteiger partial charge in [-0.25, -0.2) is 9.37 Å². The van der Waals surface area contributed by atoms with Gasteiger partial charge < -0.3 is 9.64 Å². The summed E-state index contributed by atoms with van der Waals surface area (Å²) in [6.07, 6.45) is 0. The summed E-state index contributed by atoms with van der Waals surface area (Å²) in [5.74, 6) is 0.196. The molecule has 0 bridgehead atoms. The second-order valence-corrected chi connectivity index (χ2v) is 6.63. The Bertz CT molecular complexity index is 831. The molecule has 2 aromatic rings. The van der Waals surface area contributed by atoms with E-state index < -0.39 is 0 Å². The molecule has 1 aromatic carbocycles. The fourth-order valence-electron chi connectivity index (χ4n) is 3.24. The van der Waals surface area contributed by atoms with E-state index in [4.69, 9.17) is 4.74 Å². The van der Waals surface area contributed by atoms with Crippen LogP contribution in [0, 0.1) is 19.7 Å². The first kappa shape index (κ1) is 18.5. The van der Waals surface area contributed by atoms with E-state index >= 15 is 0 Å². The number of likely N-dealkylation sites (N-methyl/N-ethyl adjacent to an activating group) is 1. The van der Waals surface area contributed by atoms with E-state index in [1.54, 1.807) is 26.0 Å². The maximum Gasteiger partial charge on any atom is 0.258 e. The van der Waals surface area contributed by atoms with E-state index in [2.05, 4.69) is 9.88 Å². The molecule has 1 aliphatic heterocycles. The first-order valence-corrected chi connectivity index (χ1v) is 8.84. The Kier molecular flexibility index (Phi) is 5.68. The quantitative estimate of drug-likeness (QED) is 0.813. The molecular weight excluding hydrogens is 335 g/mol. The number of nitrogens with zero attached hydrogens (tertiary/aromatic N) is 4. The number of rotatable bonds is 5. The van der Waals surface area contributed by atoms with Crippen molar-refractivity contribution >= 4 is 5.69 Å². The van der Waals surface area contributed by atoms with Crippen LogP contribution in [0.4, 0.5) is 10.1 Å². The average molecular weight is 360 g/mol. The highest BCUT2D eigenvalue weighted by atomic mass is 19.1. The van der Waals surface area contributed by atoms with E-state index in [1.807, 2.05) is 11.9 Å². The van der Waals surface area contributed by atoms with Crippen molar-refractivity contribution in [3.63, 3.8) is 0 Å². The molecule has 140 valence electrons. The predicted octanol–water partition coefficient (Wildman–Crippen LogP) is 1.76. The van der Waals surface area contributed by atoms with Crippen LogP contribution >= 0.6 is 0 Å². The average Bonchev–Trinajstić information content (AvgIpc) is 2.60. The summed E-state index contributed by atoms with van der Waals surface area (Å²) in [4.78, 5) is 20.7. The van der Waals surface area contributed by atoms with Crippen molar-refractivity contribution < 1.29 is 9.13 Å². The number of aromatic nitrogens is 2. The molecule has 0 aliphatic carbocycles. The van der Waals surface area contributed by atoms with Crippen LogP contribution in [0.25, 0.3) is 5.69 Å². The highest BCUT2D eigenvalue weighted by Gasteiger charge is 2.14. The maximum atomic E-state index is 14.7. The van der Waals surface area contributed by atoms with Crippen molar-refractivity contribution in [3.8, 4) is 5.69 Å². The number of aryl methyl sites for hydroxylation is 2. The Morgan fingerprint density at radius 2 is 1.96 bits per heavy atom. The van der Waals surface area contributed by atoms with Crippen molar-refractivity contribution in [2.24, 2.45) is 0 Å². The first-order valence-electron chi connectivity index (χ1n) is 8.84. The van der Waals surface area contributed by atoms with Gasteiger partial charge in [0, 0.05) is 51.1 Å². The lowest BCUT2D eigenvalue weighted by Gasteiger charge is -2.29. The lowest BCUT2D eigenvalue weighted by Crippen LogP contribution is -2.40. The highest BCUT2D eigenvalue weighted by Crippen LogP contribution is 2.21. The van der Waals surface area contributed by atoms with Gasteiger partial charge in [0.2, 0.25) is 0 Å². The van der Waals surface area contributed by atoms with Crippen molar-refractivity contribution in [1.29, 1.82) is 0 Å². The smallest absolute Gasteiger partial charge is 0.258 e. The van der Waals surface area contributed by atoms with Gasteiger partial charge in [-0.3, -0.25) is 14.3 Å². The minimum Gasteiger partial charge on any atom is -0.379 e. The summed E-state index contributed by atoms with van der Waals surface area (Å²) in [6, 6.07) is 6.32. The summed E-state index contributed by atoms with van der Waals surface area (Å²) in [5, 5.41) is 0. The molecule has 0 atom stereocenters. The van der Waals surface area contributed by atoms with Crippen LogP contribution in [-0.4, -0.2) is 60.9 Å². The van der Waals surface area contributed by atoms with Gasteiger partial charge in [0.05, 0.1) is 24.6 Å². The van der Waals surface area contributed by atoms with Gasteiger partial charge in [0.1, 0.15) is 11.6 Å². The normalized spacial score (nSPS) is 15.2. The van der Waals surface area contributed by atoms with Gasteiger partial charge >= 0.3 is 0 Å². The maximum absolute atomic E-state index is 14.7. The zero-order chi connectivity index (χ0) is 18.7. The van der Waals surface area contributed by atoms with E-state index in [-0.39, 0.29) is 11.4 Å². The fourth-order valence-corrected chi connectivity index (χ4v) is 3.24. The molecule has 0 amide bonds. The zero-order valence-electron chi connectivity index (χ0n) is 15.5. The Morgan fingerprint density at radius 1 is 1.23 bits per heavy atom. The van der Waals surface area contributed by atoms with E-state index in [0.29, 0.717) is 22.9 Å². The molecule has 7 heteroatoms. The van der Waals surface area contributed by atoms with Crippen molar-refractivity contribution in [3.05, 3.63) is 52.0 Å². The Hall–Kier alpha value is -2.25. The molecule has 1 aliphatic rings. The van der Waals surface area contributed by atoms with Gasteiger partial charge in [-0.05, 0) is 26.0 Å². The van der Waals surface area contributed by atoms with Crippen LogP contribution < -0.4 is 10.5 Å². The molecular formula is C19H25FN4O2. The number of ether oxygens (including phenoxy) is 1. The van der Waals surface area contributed by atoms with Crippen LogP contribution in [0.15, 0.2) is 29.1 Å². The second-order valence-electron chi connectivity index (χ2n) is 6.63. The number of hydrogen-bond acceptors (Lipinski definition) is 5. The summed E-state index contributed by atoms with van der Waals surface area (Å²) in [5.41, 5.74) is 1.46. The lowest BCUT2D eigenvalue weighted by molar-refractivity contribution is 0.0393. The van der Waals surface area contributed by atoms with Gasteiger partial charge in [0.15, 0.2) is 0 Å². The minimum absolute atomic E-state index is 0.206. The molecule has 0 unspecified atom stereocenters. The van der Waals surface area contributed by atoms with E-state index in [1.165, 1.54) is 16.7 Å². The van der Waals surface area contributed by atoms with Crippen LogP contribution in [-0.2, 0) is 4.74 Å². The third kappa shape index (κ3) is 4.11.